The van der Waals surface area contributed by atoms with Crippen LogP contribution in [0.1, 0.15) is 30.1 Å². The molecule has 6 heteroatoms. The minimum absolute atomic E-state index is 0.135. The molecular weight excluding hydrogens is 276 g/mol. The summed E-state index contributed by atoms with van der Waals surface area (Å²) in [5, 5.41) is 0. The summed E-state index contributed by atoms with van der Waals surface area (Å²) >= 11 is 0. The molecule has 2 rings (SSSR count). The van der Waals surface area contributed by atoms with Crippen molar-refractivity contribution in [2.75, 3.05) is 19.6 Å². The van der Waals surface area contributed by atoms with Crippen molar-refractivity contribution in [1.29, 1.82) is 0 Å². The molecule has 1 saturated heterocycles. The SMILES string of the molecule is CC(=O)c1cccc(S(=O)(=O)N2CCC(CN)CC2)c1. The topological polar surface area (TPSA) is 80.5 Å². The van der Waals surface area contributed by atoms with Gasteiger partial charge in [0.25, 0.3) is 0 Å². The summed E-state index contributed by atoms with van der Waals surface area (Å²) in [7, 11) is -3.51. The van der Waals surface area contributed by atoms with Crippen molar-refractivity contribution in [3.63, 3.8) is 0 Å². The summed E-state index contributed by atoms with van der Waals surface area (Å²) in [6, 6.07) is 6.22. The van der Waals surface area contributed by atoms with E-state index >= 15 is 0 Å². The zero-order valence-electron chi connectivity index (χ0n) is 11.6. The third kappa shape index (κ3) is 3.08. The Bertz CT molecular complexity index is 590. The van der Waals surface area contributed by atoms with E-state index in [4.69, 9.17) is 5.73 Å². The number of Topliss-reactive ketones (excluding diaryl/α,β-unsaturated/α-hetero) is 1. The lowest BCUT2D eigenvalue weighted by Gasteiger charge is -2.30. The molecule has 110 valence electrons. The van der Waals surface area contributed by atoms with Gasteiger partial charge in [0.05, 0.1) is 4.90 Å². The molecule has 1 aromatic rings. The fraction of sp³-hybridized carbons (Fsp3) is 0.500. The van der Waals surface area contributed by atoms with E-state index in [0.29, 0.717) is 31.1 Å². The van der Waals surface area contributed by atoms with Crippen LogP contribution >= 0.6 is 0 Å². The molecule has 2 N–H and O–H groups in total. The highest BCUT2D eigenvalue weighted by Gasteiger charge is 2.29. The number of carbonyl (C=O) groups is 1. The average Bonchev–Trinajstić information content (AvgIpc) is 2.47. The second kappa shape index (κ2) is 6.03. The predicted octanol–water partition coefficient (Wildman–Crippen LogP) is 1.25. The molecule has 20 heavy (non-hydrogen) atoms. The molecule has 1 aliphatic heterocycles. The van der Waals surface area contributed by atoms with E-state index in [2.05, 4.69) is 0 Å². The van der Waals surface area contributed by atoms with E-state index < -0.39 is 10.0 Å². The maximum absolute atomic E-state index is 12.5. The van der Waals surface area contributed by atoms with Crippen molar-refractivity contribution in [3.8, 4) is 0 Å². The molecule has 0 saturated carbocycles. The van der Waals surface area contributed by atoms with Gasteiger partial charge in [-0.1, -0.05) is 12.1 Å². The predicted molar refractivity (Wildman–Crippen MR) is 77.0 cm³/mol. The highest BCUT2D eigenvalue weighted by atomic mass is 32.2. The molecule has 1 heterocycles. The quantitative estimate of drug-likeness (QED) is 0.848. The van der Waals surface area contributed by atoms with Crippen LogP contribution in [-0.4, -0.2) is 38.1 Å². The summed E-state index contributed by atoms with van der Waals surface area (Å²) in [6.45, 7) is 3.02. The molecule has 0 aliphatic carbocycles. The van der Waals surface area contributed by atoms with Crippen LogP contribution in [0.4, 0.5) is 0 Å². The number of sulfonamides is 1. The van der Waals surface area contributed by atoms with Gasteiger partial charge in [-0.3, -0.25) is 4.79 Å². The molecule has 5 nitrogen and oxygen atoms in total. The smallest absolute Gasteiger partial charge is 0.243 e. The van der Waals surface area contributed by atoms with E-state index in [9.17, 15) is 13.2 Å². The number of carbonyl (C=O) groups excluding carboxylic acids is 1. The Morgan fingerprint density at radius 3 is 2.55 bits per heavy atom. The first kappa shape index (κ1) is 15.2. The monoisotopic (exact) mass is 296 g/mol. The van der Waals surface area contributed by atoms with Crippen LogP contribution in [0.2, 0.25) is 0 Å². The second-order valence-electron chi connectivity index (χ2n) is 5.17. The van der Waals surface area contributed by atoms with Gasteiger partial charge >= 0.3 is 0 Å². The van der Waals surface area contributed by atoms with Gasteiger partial charge in [-0.15, -0.1) is 0 Å². The number of hydrogen-bond acceptors (Lipinski definition) is 4. The molecular formula is C14H20N2O3S. The Morgan fingerprint density at radius 2 is 2.00 bits per heavy atom. The Balaban J connectivity index is 2.23. The molecule has 0 unspecified atom stereocenters. The van der Waals surface area contributed by atoms with Crippen LogP contribution < -0.4 is 5.73 Å². The van der Waals surface area contributed by atoms with E-state index in [1.807, 2.05) is 0 Å². The second-order valence-corrected chi connectivity index (χ2v) is 7.11. The van der Waals surface area contributed by atoms with E-state index in [1.165, 1.54) is 23.4 Å². The van der Waals surface area contributed by atoms with Gasteiger partial charge in [-0.2, -0.15) is 4.31 Å². The molecule has 0 atom stereocenters. The van der Waals surface area contributed by atoms with Crippen molar-refractivity contribution in [1.82, 2.24) is 4.31 Å². The van der Waals surface area contributed by atoms with Gasteiger partial charge in [-0.05, 0) is 44.4 Å². The molecule has 1 aromatic carbocycles. The van der Waals surface area contributed by atoms with Crippen molar-refractivity contribution >= 4 is 15.8 Å². The molecule has 1 aliphatic rings. The van der Waals surface area contributed by atoms with Gasteiger partial charge in [0.15, 0.2) is 5.78 Å². The maximum atomic E-state index is 12.5. The molecule has 0 spiro atoms. The van der Waals surface area contributed by atoms with Gasteiger partial charge in [0, 0.05) is 18.7 Å². The van der Waals surface area contributed by atoms with Crippen LogP contribution in [-0.2, 0) is 10.0 Å². The number of rotatable bonds is 4. The Hall–Kier alpha value is -1.24. The Morgan fingerprint density at radius 1 is 1.35 bits per heavy atom. The Labute approximate surface area is 119 Å². The number of hydrogen-bond donors (Lipinski definition) is 1. The Kier molecular flexibility index (Phi) is 4.57. The lowest BCUT2D eigenvalue weighted by Crippen LogP contribution is -2.40. The van der Waals surface area contributed by atoms with Crippen molar-refractivity contribution in [2.45, 2.75) is 24.7 Å². The standard InChI is InChI=1S/C14H20N2O3S/c1-11(17)13-3-2-4-14(9-13)20(18,19)16-7-5-12(10-15)6-8-16/h2-4,9,12H,5-8,10,15H2,1H3. The normalized spacial score (nSPS) is 18.1. The molecule has 0 radical (unpaired) electrons. The first-order chi connectivity index (χ1) is 9.45. The lowest BCUT2D eigenvalue weighted by atomic mass is 9.99. The first-order valence-electron chi connectivity index (χ1n) is 6.76. The number of ketones is 1. The van der Waals surface area contributed by atoms with Crippen LogP contribution in [0.25, 0.3) is 0 Å². The van der Waals surface area contributed by atoms with Crippen molar-refractivity contribution in [3.05, 3.63) is 29.8 Å². The first-order valence-corrected chi connectivity index (χ1v) is 8.20. The van der Waals surface area contributed by atoms with Crippen LogP contribution in [0, 0.1) is 5.92 Å². The number of piperidine rings is 1. The van der Waals surface area contributed by atoms with Gasteiger partial charge in [0.2, 0.25) is 10.0 Å². The van der Waals surface area contributed by atoms with Crippen LogP contribution in [0.3, 0.4) is 0 Å². The van der Waals surface area contributed by atoms with Crippen molar-refractivity contribution in [2.24, 2.45) is 11.7 Å². The summed E-state index contributed by atoms with van der Waals surface area (Å²) in [5.74, 6) is 0.272. The molecule has 0 amide bonds. The fourth-order valence-electron chi connectivity index (χ4n) is 2.41. The van der Waals surface area contributed by atoms with E-state index in [1.54, 1.807) is 12.1 Å². The molecule has 0 aromatic heterocycles. The minimum Gasteiger partial charge on any atom is -0.330 e. The van der Waals surface area contributed by atoms with Crippen LogP contribution in [0.5, 0.6) is 0 Å². The summed E-state index contributed by atoms with van der Waals surface area (Å²) < 4.78 is 26.6. The van der Waals surface area contributed by atoms with E-state index in [0.717, 1.165) is 12.8 Å². The third-order valence-corrected chi connectivity index (χ3v) is 5.68. The maximum Gasteiger partial charge on any atom is 0.243 e. The average molecular weight is 296 g/mol. The van der Waals surface area contributed by atoms with Gasteiger partial charge in [-0.25, -0.2) is 8.42 Å². The largest absolute Gasteiger partial charge is 0.330 e. The third-order valence-electron chi connectivity index (χ3n) is 3.79. The number of nitrogens with zero attached hydrogens (tertiary/aromatic N) is 1. The van der Waals surface area contributed by atoms with E-state index in [-0.39, 0.29) is 10.7 Å². The summed E-state index contributed by atoms with van der Waals surface area (Å²) in [6.07, 6.45) is 1.59. The minimum atomic E-state index is -3.51. The van der Waals surface area contributed by atoms with Gasteiger partial charge in [0.1, 0.15) is 0 Å². The zero-order valence-corrected chi connectivity index (χ0v) is 12.4. The van der Waals surface area contributed by atoms with Crippen molar-refractivity contribution < 1.29 is 13.2 Å². The lowest BCUT2D eigenvalue weighted by molar-refractivity contribution is 0.101. The summed E-state index contributed by atoms with van der Waals surface area (Å²) in [4.78, 5) is 11.6. The highest BCUT2D eigenvalue weighted by molar-refractivity contribution is 7.89. The number of nitrogens with two attached hydrogens (primary N) is 1. The van der Waals surface area contributed by atoms with Gasteiger partial charge < -0.3 is 5.73 Å². The van der Waals surface area contributed by atoms with Crippen LogP contribution in [0.15, 0.2) is 29.2 Å². The molecule has 0 bridgehead atoms. The highest BCUT2D eigenvalue weighted by Crippen LogP contribution is 2.23. The zero-order chi connectivity index (χ0) is 14.8. The number of benzene rings is 1. The summed E-state index contributed by atoms with van der Waals surface area (Å²) in [5.41, 5.74) is 6.04. The molecule has 1 fully saturated rings. The fourth-order valence-corrected chi connectivity index (χ4v) is 3.93.